The monoisotopic (exact) mass is 581 g/mol. The van der Waals surface area contributed by atoms with Gasteiger partial charge in [0.2, 0.25) is 0 Å². The summed E-state index contributed by atoms with van der Waals surface area (Å²) in [6.07, 6.45) is 39.4. The van der Waals surface area contributed by atoms with Crippen molar-refractivity contribution in [3.63, 3.8) is 0 Å². The van der Waals surface area contributed by atoms with Crippen LogP contribution in [0.3, 0.4) is 0 Å². The fourth-order valence-corrected chi connectivity index (χ4v) is 5.27. The summed E-state index contributed by atoms with van der Waals surface area (Å²) in [5.41, 5.74) is 0. The van der Waals surface area contributed by atoms with Crippen LogP contribution in [0.1, 0.15) is 194 Å². The molecule has 41 heavy (non-hydrogen) atoms. The highest BCUT2D eigenvalue weighted by Crippen LogP contribution is 2.13. The van der Waals surface area contributed by atoms with E-state index in [-0.39, 0.29) is 19.2 Å². The second-order valence-electron chi connectivity index (χ2n) is 12.3. The van der Waals surface area contributed by atoms with Gasteiger partial charge in [0.1, 0.15) is 12.7 Å². The molecule has 0 aliphatic carbocycles. The molecule has 0 radical (unpaired) electrons. The summed E-state index contributed by atoms with van der Waals surface area (Å²) < 4.78 is 10.8. The zero-order chi connectivity index (χ0) is 29.9. The predicted molar refractivity (Wildman–Crippen MR) is 178 cm³/mol. The van der Waals surface area contributed by atoms with Gasteiger partial charge in [-0.2, -0.15) is 0 Å². The van der Waals surface area contributed by atoms with Crippen molar-refractivity contribution < 1.29 is 19.4 Å². The van der Waals surface area contributed by atoms with Crippen LogP contribution in [-0.4, -0.2) is 37.0 Å². The normalized spacial score (nSPS) is 12.4. The van der Waals surface area contributed by atoms with E-state index in [9.17, 15) is 9.90 Å². The van der Waals surface area contributed by atoms with E-state index < -0.39 is 6.10 Å². The van der Waals surface area contributed by atoms with Gasteiger partial charge in [-0.15, -0.1) is 0 Å². The van der Waals surface area contributed by atoms with Crippen molar-refractivity contribution in [2.45, 2.75) is 200 Å². The maximum atomic E-state index is 11.9. The Morgan fingerprint density at radius 1 is 0.537 bits per heavy atom. The molecular weight excluding hydrogens is 508 g/mol. The maximum absolute atomic E-state index is 11.9. The van der Waals surface area contributed by atoms with Gasteiger partial charge in [0, 0.05) is 13.0 Å². The van der Waals surface area contributed by atoms with Crippen molar-refractivity contribution in [2.75, 3.05) is 19.8 Å². The van der Waals surface area contributed by atoms with E-state index in [0.717, 1.165) is 19.3 Å². The Morgan fingerprint density at radius 2 is 0.927 bits per heavy atom. The molecule has 0 amide bonds. The maximum Gasteiger partial charge on any atom is 0.305 e. The average molecular weight is 581 g/mol. The van der Waals surface area contributed by atoms with E-state index in [1.807, 2.05) is 0 Å². The van der Waals surface area contributed by atoms with Crippen LogP contribution in [0, 0.1) is 0 Å². The number of unbranched alkanes of at least 4 members (excludes halogenated alkanes) is 24. The van der Waals surface area contributed by atoms with Gasteiger partial charge < -0.3 is 14.6 Å². The van der Waals surface area contributed by atoms with Crippen molar-refractivity contribution in [3.05, 3.63) is 12.2 Å². The molecule has 1 atom stereocenters. The van der Waals surface area contributed by atoms with Crippen LogP contribution in [0.2, 0.25) is 0 Å². The van der Waals surface area contributed by atoms with E-state index >= 15 is 0 Å². The Balaban J connectivity index is 3.30. The molecule has 244 valence electrons. The molecule has 0 heterocycles. The minimum atomic E-state index is -0.722. The first-order valence-electron chi connectivity index (χ1n) is 18.3. The first kappa shape index (κ1) is 40.1. The summed E-state index contributed by atoms with van der Waals surface area (Å²) in [7, 11) is 0. The summed E-state index contributed by atoms with van der Waals surface area (Å²) in [4.78, 5) is 11.9. The number of hydrogen-bond donors (Lipinski definition) is 1. The number of esters is 1. The molecule has 4 heteroatoms. The SMILES string of the molecule is CCCCCCCC/C=C\CCCCCCCC(=O)OCC(O)COCCCCCCCCCCCCCCCC. The van der Waals surface area contributed by atoms with E-state index in [0.29, 0.717) is 13.0 Å². The van der Waals surface area contributed by atoms with Gasteiger partial charge in [-0.1, -0.05) is 161 Å². The Kier molecular flexibility index (Phi) is 34.6. The quantitative estimate of drug-likeness (QED) is 0.0467. The Morgan fingerprint density at radius 3 is 1.39 bits per heavy atom. The number of carbonyl (C=O) groups is 1. The average Bonchev–Trinajstić information content (AvgIpc) is 2.97. The highest BCUT2D eigenvalue weighted by Gasteiger charge is 2.09. The molecule has 0 aliphatic heterocycles. The van der Waals surface area contributed by atoms with Crippen molar-refractivity contribution in [2.24, 2.45) is 0 Å². The lowest BCUT2D eigenvalue weighted by Crippen LogP contribution is -2.24. The van der Waals surface area contributed by atoms with Crippen LogP contribution in [0.15, 0.2) is 12.2 Å². The smallest absolute Gasteiger partial charge is 0.305 e. The molecule has 1 unspecified atom stereocenters. The molecular formula is C37H72O4. The van der Waals surface area contributed by atoms with Crippen LogP contribution in [0.25, 0.3) is 0 Å². The van der Waals surface area contributed by atoms with Crippen molar-refractivity contribution in [1.29, 1.82) is 0 Å². The topological polar surface area (TPSA) is 55.8 Å². The lowest BCUT2D eigenvalue weighted by molar-refractivity contribution is -0.147. The van der Waals surface area contributed by atoms with Gasteiger partial charge in [0.25, 0.3) is 0 Å². The van der Waals surface area contributed by atoms with Gasteiger partial charge in [-0.05, 0) is 38.5 Å². The number of hydrogen-bond acceptors (Lipinski definition) is 4. The summed E-state index contributed by atoms with van der Waals surface area (Å²) in [6.45, 7) is 5.52. The van der Waals surface area contributed by atoms with Crippen molar-refractivity contribution in [3.8, 4) is 0 Å². The third kappa shape index (κ3) is 35.2. The lowest BCUT2D eigenvalue weighted by atomic mass is 10.0. The van der Waals surface area contributed by atoms with Crippen LogP contribution < -0.4 is 0 Å². The van der Waals surface area contributed by atoms with Gasteiger partial charge in [0.15, 0.2) is 0 Å². The number of aliphatic hydroxyl groups is 1. The second kappa shape index (κ2) is 35.3. The minimum absolute atomic E-state index is 0.0443. The largest absolute Gasteiger partial charge is 0.463 e. The first-order chi connectivity index (χ1) is 20.2. The zero-order valence-corrected chi connectivity index (χ0v) is 27.8. The van der Waals surface area contributed by atoms with Gasteiger partial charge in [-0.25, -0.2) is 0 Å². The van der Waals surface area contributed by atoms with Crippen molar-refractivity contribution in [1.82, 2.24) is 0 Å². The molecule has 1 N–H and O–H groups in total. The molecule has 0 aromatic heterocycles. The fourth-order valence-electron chi connectivity index (χ4n) is 5.27. The highest BCUT2D eigenvalue weighted by molar-refractivity contribution is 5.69. The predicted octanol–water partition coefficient (Wildman–Crippen LogP) is 11.4. The fraction of sp³-hybridized carbons (Fsp3) is 0.919. The van der Waals surface area contributed by atoms with E-state index in [4.69, 9.17) is 9.47 Å². The van der Waals surface area contributed by atoms with E-state index in [1.54, 1.807) is 0 Å². The lowest BCUT2D eigenvalue weighted by Gasteiger charge is -2.12. The molecule has 0 aromatic carbocycles. The third-order valence-electron chi connectivity index (χ3n) is 8.03. The number of allylic oxidation sites excluding steroid dienone is 2. The first-order valence-corrected chi connectivity index (χ1v) is 18.3. The molecule has 0 aliphatic rings. The molecule has 0 saturated carbocycles. The summed E-state index contributed by atoms with van der Waals surface area (Å²) >= 11 is 0. The van der Waals surface area contributed by atoms with Crippen LogP contribution >= 0.6 is 0 Å². The molecule has 0 rings (SSSR count). The summed E-state index contributed by atoms with van der Waals surface area (Å²) in [5, 5.41) is 10.0. The van der Waals surface area contributed by atoms with Crippen LogP contribution in [0.4, 0.5) is 0 Å². The number of rotatable bonds is 34. The van der Waals surface area contributed by atoms with E-state index in [2.05, 4.69) is 26.0 Å². The van der Waals surface area contributed by atoms with Gasteiger partial charge >= 0.3 is 5.97 Å². The Bertz CT molecular complexity index is 533. The standard InChI is InChI=1S/C37H72O4/c1-3-5-7-9-11-13-15-17-19-20-22-24-26-28-30-32-37(39)41-35-36(38)34-40-33-31-29-27-25-23-21-18-16-14-12-10-8-6-4-2/h17,19,36,38H,3-16,18,20-35H2,1-2H3/b19-17-. The molecule has 0 fully saturated rings. The third-order valence-corrected chi connectivity index (χ3v) is 8.03. The molecule has 4 nitrogen and oxygen atoms in total. The summed E-state index contributed by atoms with van der Waals surface area (Å²) in [6, 6.07) is 0. The van der Waals surface area contributed by atoms with Crippen molar-refractivity contribution >= 4 is 5.97 Å². The second-order valence-corrected chi connectivity index (χ2v) is 12.3. The molecule has 0 aromatic rings. The molecule has 0 bridgehead atoms. The Labute approximate surface area is 256 Å². The summed E-state index contributed by atoms with van der Waals surface area (Å²) in [5.74, 6) is -0.200. The zero-order valence-electron chi connectivity index (χ0n) is 27.8. The van der Waals surface area contributed by atoms with Crippen LogP contribution in [0.5, 0.6) is 0 Å². The van der Waals surface area contributed by atoms with Gasteiger partial charge in [0.05, 0.1) is 6.61 Å². The van der Waals surface area contributed by atoms with Crippen LogP contribution in [-0.2, 0) is 14.3 Å². The molecule has 0 spiro atoms. The number of ether oxygens (including phenoxy) is 2. The molecule has 0 saturated heterocycles. The van der Waals surface area contributed by atoms with E-state index in [1.165, 1.54) is 154 Å². The minimum Gasteiger partial charge on any atom is -0.463 e. The van der Waals surface area contributed by atoms with Gasteiger partial charge in [-0.3, -0.25) is 4.79 Å². The number of carbonyl (C=O) groups excluding carboxylic acids is 1. The Hall–Kier alpha value is -0.870. The number of aliphatic hydroxyl groups excluding tert-OH is 1. The highest BCUT2D eigenvalue weighted by atomic mass is 16.5.